The van der Waals surface area contributed by atoms with E-state index >= 15 is 0 Å². The summed E-state index contributed by atoms with van der Waals surface area (Å²) in [5, 5.41) is 6.64. The molecule has 2 aromatic carbocycles. The van der Waals surface area contributed by atoms with Crippen LogP contribution in [0.3, 0.4) is 0 Å². The molecule has 230 valence electrons. The minimum Gasteiger partial charge on any atom is -0.439 e. The topological polar surface area (TPSA) is 138 Å². The first-order valence-electron chi connectivity index (χ1n) is 13.3. The number of oxazole rings is 1. The monoisotopic (exact) mass is 619 g/mol. The number of alkyl halides is 3. The van der Waals surface area contributed by atoms with Gasteiger partial charge >= 0.3 is 6.18 Å². The summed E-state index contributed by atoms with van der Waals surface area (Å²) in [7, 11) is -4.09. The Morgan fingerprint density at radius 3 is 2.51 bits per heavy atom. The first-order valence-corrected chi connectivity index (χ1v) is 14.7. The van der Waals surface area contributed by atoms with Gasteiger partial charge in [-0.15, -0.1) is 0 Å². The lowest BCUT2D eigenvalue weighted by molar-refractivity contribution is -0.140. The van der Waals surface area contributed by atoms with Crippen molar-refractivity contribution >= 4 is 26.8 Å². The zero-order valence-corrected chi connectivity index (χ0v) is 24.5. The largest absolute Gasteiger partial charge is 0.439 e. The van der Waals surface area contributed by atoms with Crippen LogP contribution in [0.2, 0.25) is 0 Å². The molecule has 1 aliphatic heterocycles. The van der Waals surface area contributed by atoms with Crippen molar-refractivity contribution in [3.05, 3.63) is 78.6 Å². The van der Waals surface area contributed by atoms with Gasteiger partial charge < -0.3 is 15.1 Å². The lowest BCUT2D eigenvalue weighted by Gasteiger charge is -2.41. The third-order valence-corrected chi connectivity index (χ3v) is 7.80. The van der Waals surface area contributed by atoms with Crippen LogP contribution in [-0.4, -0.2) is 72.1 Å². The zero-order valence-electron chi connectivity index (χ0n) is 23.7. The van der Waals surface area contributed by atoms with E-state index in [2.05, 4.69) is 15.3 Å². The summed E-state index contributed by atoms with van der Waals surface area (Å²) in [6, 6.07) is 13.1. The Labute approximate surface area is 247 Å². The maximum absolute atomic E-state index is 12.4. The molecule has 0 aliphatic carbocycles. The number of aryl methyl sites for hydroxylation is 1. The third kappa shape index (κ3) is 8.38. The van der Waals surface area contributed by atoms with Crippen molar-refractivity contribution in [2.24, 2.45) is 0 Å². The first-order chi connectivity index (χ1) is 20.1. The number of amides is 1. The van der Waals surface area contributed by atoms with Crippen molar-refractivity contribution in [2.45, 2.75) is 43.4 Å². The molecular weight excluding hydrogens is 587 g/mol. The number of nitrogens with one attached hydrogen (secondary N) is 2. The number of carbonyl (C=O) groups is 1. The predicted molar refractivity (Wildman–Crippen MR) is 154 cm³/mol. The van der Waals surface area contributed by atoms with E-state index in [1.165, 1.54) is 12.1 Å². The van der Waals surface area contributed by atoms with E-state index in [1.54, 1.807) is 30.7 Å². The Kier molecular flexibility index (Phi) is 9.54. The number of rotatable bonds is 6. The normalized spacial score (nSPS) is 16.4. The van der Waals surface area contributed by atoms with Gasteiger partial charge in [-0.25, -0.2) is 4.98 Å². The Bertz CT molecular complexity index is 1690. The van der Waals surface area contributed by atoms with Gasteiger partial charge in [0.15, 0.2) is 5.76 Å². The summed E-state index contributed by atoms with van der Waals surface area (Å²) >= 11 is 0. The van der Waals surface area contributed by atoms with E-state index in [0.29, 0.717) is 24.7 Å². The Hall–Kier alpha value is -3.85. The average Bonchev–Trinajstić information content (AvgIpc) is 3.47. The fourth-order valence-electron chi connectivity index (χ4n) is 4.59. The van der Waals surface area contributed by atoms with Gasteiger partial charge in [0.2, 0.25) is 11.8 Å². The van der Waals surface area contributed by atoms with Gasteiger partial charge in [-0.1, -0.05) is 30.3 Å². The van der Waals surface area contributed by atoms with Crippen molar-refractivity contribution in [1.29, 1.82) is 0 Å². The number of hydrogen-bond donors (Lipinski definition) is 3. The van der Waals surface area contributed by atoms with Gasteiger partial charge in [-0.05, 0) is 55.3 Å². The van der Waals surface area contributed by atoms with Crippen molar-refractivity contribution in [3.8, 4) is 11.3 Å². The lowest BCUT2D eigenvalue weighted by atomic mass is 10.00. The molecule has 4 aromatic rings. The van der Waals surface area contributed by atoms with Crippen molar-refractivity contribution in [3.63, 3.8) is 0 Å². The maximum atomic E-state index is 12.4. The molecule has 1 saturated heterocycles. The number of aromatic nitrogens is 2. The van der Waals surface area contributed by atoms with E-state index in [4.69, 9.17) is 8.97 Å². The molecule has 0 spiro atoms. The molecule has 10 nitrogen and oxygen atoms in total. The van der Waals surface area contributed by atoms with Gasteiger partial charge in [-0.3, -0.25) is 19.2 Å². The standard InChI is InChI=1S/C19H24F3N5O2.C10H8O3S/c1-12-6-13(8-23-7-12)15-9-25-17(29-15)18(2,3)27-5-4-24-14(10-27)16(28)26-11-19(20,21)22;11-14(12,13)10-6-5-8-3-1-2-4-9(8)7-10/h6-9,14,24H,4-5,10-11H2,1-3H3,(H,26,28);1-7H,(H,11,12,13)/t14-;/m0./s1. The Morgan fingerprint density at radius 1 is 1.12 bits per heavy atom. The maximum Gasteiger partial charge on any atom is 0.405 e. The molecule has 0 radical (unpaired) electrons. The molecule has 0 unspecified atom stereocenters. The molecular formula is C29H32F3N5O5S. The highest BCUT2D eigenvalue weighted by atomic mass is 32.2. The first kappa shape index (κ1) is 32.1. The summed E-state index contributed by atoms with van der Waals surface area (Å²) in [5.41, 5.74) is 1.15. The molecule has 1 aliphatic rings. The van der Waals surface area contributed by atoms with Crippen LogP contribution < -0.4 is 10.6 Å². The number of hydrogen-bond acceptors (Lipinski definition) is 8. The van der Waals surface area contributed by atoms with Crippen LogP contribution in [0, 0.1) is 6.92 Å². The highest BCUT2D eigenvalue weighted by Crippen LogP contribution is 2.31. The number of fused-ring (bicyclic) bond motifs is 1. The highest BCUT2D eigenvalue weighted by Gasteiger charge is 2.39. The van der Waals surface area contributed by atoms with Gasteiger partial charge in [0.25, 0.3) is 10.1 Å². The third-order valence-electron chi connectivity index (χ3n) is 6.95. The summed E-state index contributed by atoms with van der Waals surface area (Å²) in [4.78, 5) is 22.6. The fraction of sp³-hybridized carbons (Fsp3) is 0.345. The molecule has 14 heteroatoms. The van der Waals surface area contributed by atoms with Crippen molar-refractivity contribution < 1.29 is 35.4 Å². The predicted octanol–water partition coefficient (Wildman–Crippen LogP) is 4.32. The number of halogens is 3. The average molecular weight is 620 g/mol. The van der Waals surface area contributed by atoms with E-state index in [1.807, 2.05) is 55.3 Å². The van der Waals surface area contributed by atoms with Gasteiger partial charge in [-0.2, -0.15) is 21.6 Å². The second-order valence-electron chi connectivity index (χ2n) is 10.6. The molecule has 1 atom stereocenters. The molecule has 0 bridgehead atoms. The fourth-order valence-corrected chi connectivity index (χ4v) is 5.10. The van der Waals surface area contributed by atoms with Crippen LogP contribution in [0.1, 0.15) is 25.3 Å². The van der Waals surface area contributed by atoms with E-state index in [-0.39, 0.29) is 11.4 Å². The highest BCUT2D eigenvalue weighted by molar-refractivity contribution is 7.85. The van der Waals surface area contributed by atoms with E-state index < -0.39 is 40.3 Å². The van der Waals surface area contributed by atoms with Crippen LogP contribution >= 0.6 is 0 Å². The SMILES string of the molecule is Cc1cncc(-c2cnc(C(C)(C)N3CCN[C@H](C(=O)NCC(F)(F)F)C3)o2)c1.O=S(=O)(O)c1ccc2ccccc2c1. The summed E-state index contributed by atoms with van der Waals surface area (Å²) in [6.45, 7) is 5.70. The van der Waals surface area contributed by atoms with Gasteiger partial charge in [0.05, 0.1) is 22.7 Å². The molecule has 43 heavy (non-hydrogen) atoms. The molecule has 3 N–H and O–H groups in total. The summed E-state index contributed by atoms with van der Waals surface area (Å²) in [5.74, 6) is 0.367. The number of benzene rings is 2. The van der Waals surface area contributed by atoms with Crippen molar-refractivity contribution in [1.82, 2.24) is 25.5 Å². The molecule has 3 heterocycles. The Morgan fingerprint density at radius 2 is 1.84 bits per heavy atom. The van der Waals surface area contributed by atoms with E-state index in [0.717, 1.165) is 21.9 Å². The van der Waals surface area contributed by atoms with Crippen molar-refractivity contribution in [2.75, 3.05) is 26.2 Å². The quantitative estimate of drug-likeness (QED) is 0.270. The smallest absolute Gasteiger partial charge is 0.405 e. The van der Waals surface area contributed by atoms with Crippen LogP contribution in [0.15, 0.2) is 76.4 Å². The van der Waals surface area contributed by atoms with Crippen LogP contribution in [0.25, 0.3) is 22.1 Å². The lowest BCUT2D eigenvalue weighted by Crippen LogP contribution is -2.61. The van der Waals surface area contributed by atoms with Gasteiger partial charge in [0.1, 0.15) is 6.54 Å². The van der Waals surface area contributed by atoms with E-state index in [9.17, 15) is 26.4 Å². The van der Waals surface area contributed by atoms with Gasteiger partial charge in [0, 0.05) is 37.6 Å². The molecule has 1 amide bonds. The molecule has 0 saturated carbocycles. The Balaban J connectivity index is 0.000000251. The number of pyridine rings is 1. The van der Waals surface area contributed by atoms with Crippen LogP contribution in [0.5, 0.6) is 0 Å². The zero-order chi connectivity index (χ0) is 31.4. The number of carbonyl (C=O) groups excluding carboxylic acids is 1. The second-order valence-corrected chi connectivity index (χ2v) is 12.0. The van der Waals surface area contributed by atoms with Crippen LogP contribution in [0.4, 0.5) is 13.2 Å². The number of piperazine rings is 1. The molecule has 1 fully saturated rings. The summed E-state index contributed by atoms with van der Waals surface area (Å²) in [6.07, 6.45) is 0.622. The minimum atomic E-state index is -4.44. The second kappa shape index (κ2) is 12.8. The van der Waals surface area contributed by atoms with Crippen LogP contribution in [-0.2, 0) is 20.5 Å². The minimum absolute atomic E-state index is 0.0730. The summed E-state index contributed by atoms with van der Waals surface area (Å²) < 4.78 is 73.6. The molecule has 2 aromatic heterocycles. The number of nitrogens with zero attached hydrogens (tertiary/aromatic N) is 3. The molecule has 5 rings (SSSR count).